The molecule has 0 spiro atoms. The third-order valence-electron chi connectivity index (χ3n) is 7.20. The Morgan fingerprint density at radius 3 is 2.14 bits per heavy atom. The summed E-state index contributed by atoms with van der Waals surface area (Å²) in [5, 5.41) is 0. The van der Waals surface area contributed by atoms with Gasteiger partial charge in [0.25, 0.3) is 0 Å². The fourth-order valence-corrected chi connectivity index (χ4v) is 7.73. The molecule has 5 aliphatic rings. The molecule has 0 aliphatic carbocycles. The van der Waals surface area contributed by atoms with Crippen LogP contribution in [0.5, 0.6) is 0 Å². The van der Waals surface area contributed by atoms with E-state index in [1.165, 1.54) is 7.11 Å². The molecule has 0 aromatic carbocycles. The molecule has 13 heteroatoms. The van der Waals surface area contributed by atoms with Crippen molar-refractivity contribution in [3.05, 3.63) is 0 Å². The first kappa shape index (κ1) is 29.8. The molecule has 0 radical (unpaired) electrons. The SMILES string of the molecule is CO[C@@H]1O[C@H](CCP(=O)([O-])C[C@H]2[C@H]3OC(C)(C)O[C@H]3O[C@@H]2[C@H]2COC(C)(C)O2)[C@H]2OC(C)(C)O[C@@H]12.[Na+]. The van der Waals surface area contributed by atoms with E-state index in [4.69, 9.17) is 42.6 Å². The smallest absolute Gasteiger partial charge is 0.799 e. The molecule has 0 saturated carbocycles. The molecule has 0 aromatic rings. The fraction of sp³-hybridized carbons (Fsp3) is 1.00. The second kappa shape index (κ2) is 10.3. The average Bonchev–Trinajstić information content (AvgIpc) is 3.47. The monoisotopic (exact) mass is 544 g/mol. The van der Waals surface area contributed by atoms with Gasteiger partial charge in [-0.1, -0.05) is 0 Å². The molecule has 5 rings (SSSR count). The molecule has 202 valence electrons. The van der Waals surface area contributed by atoms with Crippen LogP contribution < -0.4 is 34.5 Å². The molecule has 11 nitrogen and oxygen atoms in total. The number of ether oxygens (including phenoxy) is 9. The molecule has 5 fully saturated rings. The molecule has 1 unspecified atom stereocenters. The van der Waals surface area contributed by atoms with Gasteiger partial charge in [0.15, 0.2) is 29.9 Å². The molecule has 0 amide bonds. The van der Waals surface area contributed by atoms with Gasteiger partial charge in [0.05, 0.1) is 18.8 Å². The van der Waals surface area contributed by atoms with Gasteiger partial charge in [-0.3, -0.25) is 0 Å². The van der Waals surface area contributed by atoms with E-state index in [0.29, 0.717) is 6.61 Å². The minimum Gasteiger partial charge on any atom is -0.799 e. The maximum atomic E-state index is 13.4. The van der Waals surface area contributed by atoms with E-state index in [0.717, 1.165) is 0 Å². The summed E-state index contributed by atoms with van der Waals surface area (Å²) in [5.41, 5.74) is 0. The van der Waals surface area contributed by atoms with Crippen LogP contribution in [0.3, 0.4) is 0 Å². The van der Waals surface area contributed by atoms with Crippen LogP contribution in [0.2, 0.25) is 0 Å². The minimum absolute atomic E-state index is 0. The summed E-state index contributed by atoms with van der Waals surface area (Å²) in [4.78, 5) is 13.4. The van der Waals surface area contributed by atoms with Gasteiger partial charge in [0.2, 0.25) is 0 Å². The van der Waals surface area contributed by atoms with Crippen molar-refractivity contribution in [2.24, 2.45) is 5.92 Å². The Kier molecular flexibility index (Phi) is 8.56. The maximum absolute atomic E-state index is 13.4. The van der Waals surface area contributed by atoms with Gasteiger partial charge in [-0.25, -0.2) is 0 Å². The van der Waals surface area contributed by atoms with Crippen molar-refractivity contribution in [1.29, 1.82) is 0 Å². The standard InChI is InChI=1S/C23H39O11P.Na/c1-21(2)27-10-14(30-21)15-12(16-20(29-15)34-23(5,6)31-16)11-35(24,25)9-8-13-17-18(19(26-7)28-13)33-22(3,4)32-17;/h12-20H,8-11H2,1-7H3,(H,24,25);/q;+1/p-1/t12-,13-,14-,15+,16-,17-,18-,19-,20-;/m1./s1. The number of hydrogen-bond donors (Lipinski definition) is 0. The molecular formula is C23H38NaO11P. The Balaban J connectivity index is 0.00000304. The van der Waals surface area contributed by atoms with Crippen molar-refractivity contribution in [2.75, 3.05) is 26.0 Å². The van der Waals surface area contributed by atoms with Crippen molar-refractivity contribution in [2.45, 2.75) is 115 Å². The van der Waals surface area contributed by atoms with E-state index < -0.39 is 73.7 Å². The first-order chi connectivity index (χ1) is 16.2. The molecule has 5 aliphatic heterocycles. The zero-order chi connectivity index (χ0) is 25.4. The van der Waals surface area contributed by atoms with Crippen LogP contribution in [0.25, 0.3) is 0 Å². The Labute approximate surface area is 234 Å². The van der Waals surface area contributed by atoms with E-state index in [9.17, 15) is 9.46 Å². The molecule has 36 heavy (non-hydrogen) atoms. The quantitative estimate of drug-likeness (QED) is 0.276. The second-order valence-corrected chi connectivity index (χ2v) is 13.9. The summed E-state index contributed by atoms with van der Waals surface area (Å²) in [6, 6.07) is 0. The number of rotatable bonds is 7. The van der Waals surface area contributed by atoms with Crippen molar-refractivity contribution in [3.8, 4) is 0 Å². The van der Waals surface area contributed by atoms with Gasteiger partial charge in [0, 0.05) is 20.4 Å². The van der Waals surface area contributed by atoms with Crippen molar-refractivity contribution in [3.63, 3.8) is 0 Å². The second-order valence-electron chi connectivity index (χ2n) is 11.5. The Bertz CT molecular complexity index is 854. The van der Waals surface area contributed by atoms with Crippen LogP contribution >= 0.6 is 7.37 Å². The summed E-state index contributed by atoms with van der Waals surface area (Å²) in [6.45, 7) is 11.2. The first-order valence-electron chi connectivity index (χ1n) is 12.3. The predicted molar refractivity (Wildman–Crippen MR) is 119 cm³/mol. The summed E-state index contributed by atoms with van der Waals surface area (Å²) in [5.74, 6) is -2.85. The number of fused-ring (bicyclic) bond motifs is 2. The van der Waals surface area contributed by atoms with Crippen LogP contribution in [-0.2, 0) is 47.2 Å². The van der Waals surface area contributed by atoms with Crippen molar-refractivity contribution in [1.82, 2.24) is 0 Å². The molecule has 0 bridgehead atoms. The molecular weight excluding hydrogens is 506 g/mol. The van der Waals surface area contributed by atoms with Crippen LogP contribution in [0.1, 0.15) is 48.0 Å². The molecule has 5 saturated heterocycles. The zero-order valence-corrected chi connectivity index (χ0v) is 25.4. The normalized spacial score (nSPS) is 45.7. The predicted octanol–water partition coefficient (Wildman–Crippen LogP) is -1.45. The fourth-order valence-electron chi connectivity index (χ4n) is 5.84. The largest absolute Gasteiger partial charge is 1.00 e. The maximum Gasteiger partial charge on any atom is 1.00 e. The first-order valence-corrected chi connectivity index (χ1v) is 14.3. The number of methoxy groups -OCH3 is 1. The van der Waals surface area contributed by atoms with Gasteiger partial charge >= 0.3 is 29.6 Å². The summed E-state index contributed by atoms with van der Waals surface area (Å²) in [6.07, 6.45) is -3.82. The molecule has 0 N–H and O–H groups in total. The molecule has 0 aromatic heterocycles. The Morgan fingerprint density at radius 2 is 1.50 bits per heavy atom. The van der Waals surface area contributed by atoms with Crippen molar-refractivity contribution >= 4 is 7.37 Å². The van der Waals surface area contributed by atoms with Gasteiger partial charge < -0.3 is 52.1 Å². The topological polar surface area (TPSA) is 123 Å². The van der Waals surface area contributed by atoms with E-state index in [-0.39, 0.29) is 54.4 Å². The summed E-state index contributed by atoms with van der Waals surface area (Å²) >= 11 is 0. The van der Waals surface area contributed by atoms with Gasteiger partial charge in [0.1, 0.15) is 24.4 Å². The zero-order valence-electron chi connectivity index (χ0n) is 22.5. The van der Waals surface area contributed by atoms with Crippen LogP contribution in [-0.4, -0.2) is 92.6 Å². The summed E-state index contributed by atoms with van der Waals surface area (Å²) < 4.78 is 66.5. The molecule has 10 atom stereocenters. The van der Waals surface area contributed by atoms with Crippen LogP contribution in [0, 0.1) is 5.92 Å². The third kappa shape index (κ3) is 6.10. The third-order valence-corrected chi connectivity index (χ3v) is 9.12. The number of hydrogen-bond acceptors (Lipinski definition) is 11. The Hall–Kier alpha value is 0.830. The van der Waals surface area contributed by atoms with Crippen molar-refractivity contribution < 1.29 is 81.6 Å². The Morgan fingerprint density at radius 1 is 0.861 bits per heavy atom. The van der Waals surface area contributed by atoms with E-state index >= 15 is 0 Å². The van der Waals surface area contributed by atoms with Crippen LogP contribution in [0.4, 0.5) is 0 Å². The molecule has 5 heterocycles. The average molecular weight is 545 g/mol. The van der Waals surface area contributed by atoms with Gasteiger partial charge in [-0.2, -0.15) is 0 Å². The van der Waals surface area contributed by atoms with E-state index in [2.05, 4.69) is 0 Å². The van der Waals surface area contributed by atoms with Gasteiger partial charge in [-0.15, -0.1) is 0 Å². The van der Waals surface area contributed by atoms with Crippen LogP contribution in [0.15, 0.2) is 0 Å². The summed E-state index contributed by atoms with van der Waals surface area (Å²) in [7, 11) is -2.33. The minimum atomic E-state index is -3.87. The van der Waals surface area contributed by atoms with E-state index in [1.807, 2.05) is 27.7 Å². The van der Waals surface area contributed by atoms with E-state index in [1.54, 1.807) is 13.8 Å². The van der Waals surface area contributed by atoms with Gasteiger partial charge in [-0.05, 0) is 60.3 Å².